The topological polar surface area (TPSA) is 38.0 Å². The molecule has 16 heavy (non-hydrogen) atoms. The summed E-state index contributed by atoms with van der Waals surface area (Å²) >= 11 is 3.00. The number of nitrogens with two attached hydrogens (primary N) is 1. The second kappa shape index (κ2) is 4.99. The standard InChI is InChI=1S/C10H10BrF3N2/c1-2-9(16-15)7-4-3-6(11)5-8(7)10(12,13)14/h2-5,9,16H,1,15H2. The van der Waals surface area contributed by atoms with Crippen molar-refractivity contribution in [2.24, 2.45) is 5.84 Å². The summed E-state index contributed by atoms with van der Waals surface area (Å²) in [5, 5.41) is 0. The SMILES string of the molecule is C=CC(NN)c1ccc(Br)cc1C(F)(F)F. The van der Waals surface area contributed by atoms with Crippen molar-refractivity contribution in [1.82, 2.24) is 5.43 Å². The van der Waals surface area contributed by atoms with Gasteiger partial charge < -0.3 is 0 Å². The molecule has 1 aromatic rings. The van der Waals surface area contributed by atoms with Gasteiger partial charge in [0.1, 0.15) is 0 Å². The van der Waals surface area contributed by atoms with Crippen molar-refractivity contribution >= 4 is 15.9 Å². The first-order valence-corrected chi connectivity index (χ1v) is 5.14. The maximum absolute atomic E-state index is 12.7. The molecule has 1 rings (SSSR count). The van der Waals surface area contributed by atoms with E-state index in [-0.39, 0.29) is 5.56 Å². The number of alkyl halides is 3. The average Bonchev–Trinajstić information content (AvgIpc) is 2.20. The number of hydrazine groups is 1. The second-order valence-electron chi connectivity index (χ2n) is 3.11. The summed E-state index contributed by atoms with van der Waals surface area (Å²) in [6, 6.07) is 3.17. The second-order valence-corrected chi connectivity index (χ2v) is 4.03. The zero-order valence-electron chi connectivity index (χ0n) is 8.18. The van der Waals surface area contributed by atoms with E-state index in [0.717, 1.165) is 6.07 Å². The molecule has 0 radical (unpaired) electrons. The van der Waals surface area contributed by atoms with Gasteiger partial charge in [-0.15, -0.1) is 6.58 Å². The minimum Gasteiger partial charge on any atom is -0.271 e. The van der Waals surface area contributed by atoms with Crippen molar-refractivity contribution < 1.29 is 13.2 Å². The zero-order valence-corrected chi connectivity index (χ0v) is 9.77. The zero-order chi connectivity index (χ0) is 12.3. The van der Waals surface area contributed by atoms with Crippen molar-refractivity contribution in [1.29, 1.82) is 0 Å². The molecule has 0 aliphatic heterocycles. The van der Waals surface area contributed by atoms with Gasteiger partial charge in [0.05, 0.1) is 11.6 Å². The maximum atomic E-state index is 12.7. The number of halogens is 4. The lowest BCUT2D eigenvalue weighted by Crippen LogP contribution is -2.28. The van der Waals surface area contributed by atoms with E-state index in [1.807, 2.05) is 0 Å². The van der Waals surface area contributed by atoms with Gasteiger partial charge in [0.15, 0.2) is 0 Å². The predicted octanol–water partition coefficient (Wildman–Crippen LogP) is 3.16. The van der Waals surface area contributed by atoms with Crippen LogP contribution in [-0.2, 0) is 6.18 Å². The Hall–Kier alpha value is -0.850. The molecule has 0 aliphatic carbocycles. The fraction of sp³-hybridized carbons (Fsp3) is 0.200. The number of nitrogens with one attached hydrogen (secondary N) is 1. The molecular formula is C10H10BrF3N2. The molecule has 1 atom stereocenters. The normalized spacial score (nSPS) is 13.6. The van der Waals surface area contributed by atoms with Crippen LogP contribution in [0.3, 0.4) is 0 Å². The number of benzene rings is 1. The average molecular weight is 295 g/mol. The number of rotatable bonds is 3. The minimum absolute atomic E-state index is 0.0493. The predicted molar refractivity (Wildman–Crippen MR) is 59.4 cm³/mol. The molecule has 6 heteroatoms. The molecule has 0 bridgehead atoms. The largest absolute Gasteiger partial charge is 0.416 e. The summed E-state index contributed by atoms with van der Waals surface area (Å²) in [4.78, 5) is 0. The molecule has 0 aromatic heterocycles. The third-order valence-electron chi connectivity index (χ3n) is 2.07. The highest BCUT2D eigenvalue weighted by Crippen LogP contribution is 2.36. The molecule has 0 saturated heterocycles. The Kier molecular flexibility index (Phi) is 4.12. The maximum Gasteiger partial charge on any atom is 0.416 e. The van der Waals surface area contributed by atoms with E-state index in [9.17, 15) is 13.2 Å². The Balaban J connectivity index is 3.33. The van der Waals surface area contributed by atoms with E-state index in [4.69, 9.17) is 5.84 Å². The Labute approximate surface area is 99.4 Å². The Morgan fingerprint density at radius 3 is 2.50 bits per heavy atom. The summed E-state index contributed by atoms with van der Waals surface area (Å²) in [7, 11) is 0. The third-order valence-corrected chi connectivity index (χ3v) is 2.56. The highest BCUT2D eigenvalue weighted by Gasteiger charge is 2.34. The fourth-order valence-corrected chi connectivity index (χ4v) is 1.69. The Morgan fingerprint density at radius 2 is 2.06 bits per heavy atom. The van der Waals surface area contributed by atoms with Crippen LogP contribution in [0.5, 0.6) is 0 Å². The molecule has 3 N–H and O–H groups in total. The van der Waals surface area contributed by atoms with Crippen molar-refractivity contribution in [3.05, 3.63) is 46.5 Å². The van der Waals surface area contributed by atoms with E-state index >= 15 is 0 Å². The summed E-state index contributed by atoms with van der Waals surface area (Å²) in [6.07, 6.45) is -3.10. The van der Waals surface area contributed by atoms with Gasteiger partial charge in [0, 0.05) is 4.47 Å². The molecule has 0 amide bonds. The van der Waals surface area contributed by atoms with Crippen molar-refractivity contribution in [3.8, 4) is 0 Å². The van der Waals surface area contributed by atoms with Crippen LogP contribution in [0.15, 0.2) is 35.3 Å². The molecule has 1 aromatic carbocycles. The highest BCUT2D eigenvalue weighted by molar-refractivity contribution is 9.10. The Bertz CT molecular complexity index is 390. The van der Waals surface area contributed by atoms with Gasteiger partial charge in [-0.2, -0.15) is 13.2 Å². The fourth-order valence-electron chi connectivity index (χ4n) is 1.33. The number of hydrogen-bond acceptors (Lipinski definition) is 2. The van der Waals surface area contributed by atoms with Gasteiger partial charge in [-0.05, 0) is 17.7 Å². The van der Waals surface area contributed by atoms with Crippen LogP contribution in [0.4, 0.5) is 13.2 Å². The molecule has 0 spiro atoms. The van der Waals surface area contributed by atoms with Crippen LogP contribution in [-0.4, -0.2) is 0 Å². The highest BCUT2D eigenvalue weighted by atomic mass is 79.9. The smallest absolute Gasteiger partial charge is 0.271 e. The molecule has 0 aliphatic rings. The van der Waals surface area contributed by atoms with E-state index in [0.29, 0.717) is 4.47 Å². The molecule has 2 nitrogen and oxygen atoms in total. The van der Waals surface area contributed by atoms with Crippen LogP contribution in [0.25, 0.3) is 0 Å². The molecule has 1 unspecified atom stereocenters. The van der Waals surface area contributed by atoms with Crippen LogP contribution >= 0.6 is 15.9 Å². The van der Waals surface area contributed by atoms with Crippen LogP contribution in [0, 0.1) is 0 Å². The van der Waals surface area contributed by atoms with E-state index in [2.05, 4.69) is 27.9 Å². The quantitative estimate of drug-likeness (QED) is 0.511. The lowest BCUT2D eigenvalue weighted by molar-refractivity contribution is -0.138. The van der Waals surface area contributed by atoms with E-state index in [1.165, 1.54) is 18.2 Å². The summed E-state index contributed by atoms with van der Waals surface area (Å²) in [5.74, 6) is 5.17. The van der Waals surface area contributed by atoms with Gasteiger partial charge >= 0.3 is 6.18 Å². The first-order valence-electron chi connectivity index (χ1n) is 4.35. The monoisotopic (exact) mass is 294 g/mol. The van der Waals surface area contributed by atoms with Gasteiger partial charge in [-0.25, -0.2) is 5.43 Å². The third kappa shape index (κ3) is 2.84. The van der Waals surface area contributed by atoms with Gasteiger partial charge in [-0.1, -0.05) is 28.1 Å². The minimum atomic E-state index is -4.42. The first-order chi connectivity index (χ1) is 7.40. The first kappa shape index (κ1) is 13.2. The van der Waals surface area contributed by atoms with E-state index < -0.39 is 17.8 Å². The van der Waals surface area contributed by atoms with Crippen LogP contribution in [0.2, 0.25) is 0 Å². The molecule has 0 heterocycles. The van der Waals surface area contributed by atoms with Crippen LogP contribution < -0.4 is 11.3 Å². The van der Waals surface area contributed by atoms with Gasteiger partial charge in [0.2, 0.25) is 0 Å². The lowest BCUT2D eigenvalue weighted by Gasteiger charge is -2.18. The lowest BCUT2D eigenvalue weighted by atomic mass is 10.0. The molecule has 88 valence electrons. The van der Waals surface area contributed by atoms with Gasteiger partial charge in [-0.3, -0.25) is 5.84 Å². The van der Waals surface area contributed by atoms with Crippen molar-refractivity contribution in [2.45, 2.75) is 12.2 Å². The van der Waals surface area contributed by atoms with E-state index in [1.54, 1.807) is 0 Å². The molecular weight excluding hydrogens is 285 g/mol. The molecule has 0 fully saturated rings. The summed E-state index contributed by atoms with van der Waals surface area (Å²) in [6.45, 7) is 3.43. The van der Waals surface area contributed by atoms with Crippen LogP contribution in [0.1, 0.15) is 17.2 Å². The van der Waals surface area contributed by atoms with Gasteiger partial charge in [0.25, 0.3) is 0 Å². The summed E-state index contributed by atoms with van der Waals surface area (Å²) < 4.78 is 38.6. The number of hydrogen-bond donors (Lipinski definition) is 2. The Morgan fingerprint density at radius 1 is 1.44 bits per heavy atom. The van der Waals surface area contributed by atoms with Crippen molar-refractivity contribution in [3.63, 3.8) is 0 Å². The van der Waals surface area contributed by atoms with Crippen molar-refractivity contribution in [2.75, 3.05) is 0 Å². The summed E-state index contributed by atoms with van der Waals surface area (Å²) in [5.41, 5.74) is 1.58. The molecule has 0 saturated carbocycles.